The second-order valence-corrected chi connectivity index (χ2v) is 14.9. The van der Waals surface area contributed by atoms with Gasteiger partial charge in [0.15, 0.2) is 5.58 Å². The van der Waals surface area contributed by atoms with E-state index in [1.54, 1.807) is 0 Å². The summed E-state index contributed by atoms with van der Waals surface area (Å²) in [5, 5.41) is 19.5. The monoisotopic (exact) mass is 735 g/mol. The second-order valence-electron chi connectivity index (χ2n) is 14.9. The van der Waals surface area contributed by atoms with Crippen LogP contribution in [0.1, 0.15) is 35.2 Å². The Morgan fingerprint density at radius 3 is 1.68 bits per heavy atom. The van der Waals surface area contributed by atoms with Gasteiger partial charge in [-0.2, -0.15) is 0 Å². The van der Waals surface area contributed by atoms with E-state index < -0.39 is 0 Å². The molecule has 0 bridgehead atoms. The average Bonchev–Trinajstić information content (AvgIpc) is 3.95. The lowest BCUT2D eigenvalue weighted by Gasteiger charge is -2.50. The smallest absolute Gasteiger partial charge is 0.159 e. The molecule has 57 heavy (non-hydrogen) atoms. The fourth-order valence-electron chi connectivity index (χ4n) is 8.90. The highest BCUT2D eigenvalue weighted by molar-refractivity contribution is 6.13. The lowest BCUT2D eigenvalue weighted by atomic mass is 10.00. The van der Waals surface area contributed by atoms with Crippen LogP contribution in [0.5, 0.6) is 0 Å². The first-order valence-electron chi connectivity index (χ1n) is 19.5. The number of hydrogen-bond acceptors (Lipinski definition) is 4. The molecule has 1 saturated heterocycles. The van der Waals surface area contributed by atoms with Gasteiger partial charge in [0.05, 0.1) is 22.9 Å². The summed E-state index contributed by atoms with van der Waals surface area (Å²) in [5.74, 6) is 0. The molecule has 11 aromatic rings. The van der Waals surface area contributed by atoms with Gasteiger partial charge >= 0.3 is 0 Å². The Kier molecular flexibility index (Phi) is 7.25. The molecule has 0 spiro atoms. The molecule has 8 aromatic carbocycles. The van der Waals surface area contributed by atoms with E-state index in [1.807, 2.05) is 12.1 Å². The van der Waals surface area contributed by atoms with Gasteiger partial charge in [-0.05, 0) is 70.8 Å². The molecular formula is C51H35N4O2-. The Morgan fingerprint density at radius 1 is 0.404 bits per heavy atom. The summed E-state index contributed by atoms with van der Waals surface area (Å²) in [5.41, 5.74) is 12.4. The lowest BCUT2D eigenvalue weighted by Crippen LogP contribution is -2.44. The van der Waals surface area contributed by atoms with Crippen molar-refractivity contribution in [1.82, 2.24) is 15.2 Å². The summed E-state index contributed by atoms with van der Waals surface area (Å²) < 4.78 is 15.5. The van der Waals surface area contributed by atoms with Crippen molar-refractivity contribution in [3.8, 4) is 16.8 Å². The van der Waals surface area contributed by atoms with Crippen LogP contribution in [0.3, 0.4) is 0 Å². The maximum Gasteiger partial charge on any atom is 0.159 e. The van der Waals surface area contributed by atoms with Crippen molar-refractivity contribution in [3.63, 3.8) is 0 Å². The number of nitrogens with one attached hydrogen (secondary N) is 2. The molecule has 0 aliphatic carbocycles. The normalized spacial score (nSPS) is 17.4. The molecule has 12 rings (SSSR count). The second kappa shape index (κ2) is 12.8. The maximum atomic E-state index is 6.68. The Balaban J connectivity index is 0.914. The van der Waals surface area contributed by atoms with Crippen LogP contribution in [0.4, 0.5) is 0 Å². The Labute approximate surface area is 327 Å². The van der Waals surface area contributed by atoms with Crippen molar-refractivity contribution in [2.45, 2.75) is 18.5 Å². The van der Waals surface area contributed by atoms with E-state index in [1.165, 1.54) is 16.3 Å². The van der Waals surface area contributed by atoms with Crippen molar-refractivity contribution < 1.29 is 8.83 Å². The van der Waals surface area contributed by atoms with Crippen LogP contribution in [0.25, 0.3) is 87.8 Å². The zero-order valence-electron chi connectivity index (χ0n) is 30.8. The van der Waals surface area contributed by atoms with Crippen LogP contribution in [-0.4, -0.2) is 4.57 Å². The van der Waals surface area contributed by atoms with E-state index in [9.17, 15) is 0 Å². The third-order valence-corrected chi connectivity index (χ3v) is 11.6. The number of furan rings is 2. The first kappa shape index (κ1) is 32.3. The molecule has 2 N–H and O–H groups in total. The van der Waals surface area contributed by atoms with E-state index in [-0.39, 0.29) is 18.5 Å². The first-order valence-corrected chi connectivity index (χ1v) is 19.5. The van der Waals surface area contributed by atoms with E-state index in [4.69, 9.17) is 14.2 Å². The minimum absolute atomic E-state index is 0.0715. The molecule has 1 fully saturated rings. The molecule has 0 radical (unpaired) electrons. The van der Waals surface area contributed by atoms with Crippen LogP contribution < -0.4 is 10.6 Å². The van der Waals surface area contributed by atoms with E-state index >= 15 is 0 Å². The van der Waals surface area contributed by atoms with Crippen LogP contribution in [0, 0.1) is 0 Å². The summed E-state index contributed by atoms with van der Waals surface area (Å²) in [6, 6.07) is 64.1. The van der Waals surface area contributed by atoms with Gasteiger partial charge in [-0.1, -0.05) is 151 Å². The molecule has 1 aliphatic rings. The number of nitrogens with zero attached hydrogens (tertiary/aromatic N) is 2. The molecule has 1 aliphatic heterocycles. The first-order chi connectivity index (χ1) is 28.2. The van der Waals surface area contributed by atoms with Crippen LogP contribution in [-0.2, 0) is 0 Å². The standard InChI is InChI=1S/C51H35N4O2/c1-3-12-31(13-4-1)49-52-50(32-14-5-2-6-15-32)54-51(53-49)35-22-25-38-40-28-33(23-26-45(40)56-47(38)30-35)34-24-27-46-41(29-34)39-18-11-21-44(48(39)57-46)55-42-19-9-7-16-36(42)37-17-8-10-20-43(37)55/h1-30,49-53H/q-1. The molecule has 6 nitrogen and oxygen atoms in total. The highest BCUT2D eigenvalue weighted by Crippen LogP contribution is 2.42. The van der Waals surface area contributed by atoms with E-state index in [0.29, 0.717) is 0 Å². The van der Waals surface area contributed by atoms with Gasteiger partial charge in [0.25, 0.3) is 0 Å². The highest BCUT2D eigenvalue weighted by atomic mass is 16.3. The minimum atomic E-state index is -0.234. The Bertz CT molecular complexity index is 3210. The topological polar surface area (TPSA) is 69.4 Å². The number of para-hydroxylation sites is 3. The molecule has 0 saturated carbocycles. The SMILES string of the molecule is c1ccc(C2[N-]C(c3ccc4c(c3)oc3ccc(-c5ccc6oc7c(-n8c9ccccc9c9ccccc98)cccc7c6c5)cc34)NC(c3ccccc3)N2)cc1. The van der Waals surface area contributed by atoms with Crippen LogP contribution in [0.2, 0.25) is 0 Å². The van der Waals surface area contributed by atoms with Gasteiger partial charge in [0.1, 0.15) is 16.7 Å². The fourth-order valence-corrected chi connectivity index (χ4v) is 8.90. The van der Waals surface area contributed by atoms with Gasteiger partial charge < -0.3 is 29.4 Å². The predicted molar refractivity (Wildman–Crippen MR) is 232 cm³/mol. The third-order valence-electron chi connectivity index (χ3n) is 11.6. The zero-order chi connectivity index (χ0) is 37.5. The molecule has 3 unspecified atom stereocenters. The van der Waals surface area contributed by atoms with Crippen molar-refractivity contribution >= 4 is 65.7 Å². The molecule has 272 valence electrons. The highest BCUT2D eigenvalue weighted by Gasteiger charge is 2.23. The Morgan fingerprint density at radius 2 is 0.982 bits per heavy atom. The summed E-state index contributed by atoms with van der Waals surface area (Å²) in [7, 11) is 0. The van der Waals surface area contributed by atoms with Gasteiger partial charge in [-0.25, -0.2) is 0 Å². The zero-order valence-corrected chi connectivity index (χ0v) is 30.8. The third kappa shape index (κ3) is 5.23. The molecular weight excluding hydrogens is 701 g/mol. The van der Waals surface area contributed by atoms with Crippen molar-refractivity contribution in [2.24, 2.45) is 0 Å². The van der Waals surface area contributed by atoms with Crippen LogP contribution >= 0.6 is 0 Å². The largest absolute Gasteiger partial charge is 0.624 e. The summed E-state index contributed by atoms with van der Waals surface area (Å²) >= 11 is 0. The van der Waals surface area contributed by atoms with Gasteiger partial charge in [-0.15, -0.1) is 0 Å². The number of rotatable bonds is 5. The number of hydrogen-bond donors (Lipinski definition) is 2. The summed E-state index contributed by atoms with van der Waals surface area (Å²) in [6.45, 7) is 0. The fraction of sp³-hybridized carbons (Fsp3) is 0.0588. The Hall–Kier alpha value is -6.96. The number of benzene rings is 8. The average molecular weight is 736 g/mol. The van der Waals surface area contributed by atoms with Crippen molar-refractivity contribution in [3.05, 3.63) is 204 Å². The summed E-state index contributed by atoms with van der Waals surface area (Å²) in [6.07, 6.45) is -0.471. The predicted octanol–water partition coefficient (Wildman–Crippen LogP) is 13.2. The quantitative estimate of drug-likeness (QED) is 0.185. The van der Waals surface area contributed by atoms with E-state index in [2.05, 4.69) is 185 Å². The van der Waals surface area contributed by atoms with Gasteiger partial charge in [0, 0.05) is 32.3 Å². The van der Waals surface area contributed by atoms with Gasteiger partial charge in [0.2, 0.25) is 0 Å². The molecule has 0 amide bonds. The van der Waals surface area contributed by atoms with Gasteiger partial charge in [-0.3, -0.25) is 0 Å². The molecule has 3 atom stereocenters. The molecule has 4 heterocycles. The van der Waals surface area contributed by atoms with Crippen molar-refractivity contribution in [2.75, 3.05) is 0 Å². The van der Waals surface area contributed by atoms with E-state index in [0.717, 1.165) is 82.9 Å². The summed E-state index contributed by atoms with van der Waals surface area (Å²) in [4.78, 5) is 0. The number of aromatic nitrogens is 1. The molecule has 6 heteroatoms. The van der Waals surface area contributed by atoms with Crippen LogP contribution in [0.15, 0.2) is 191 Å². The number of fused-ring (bicyclic) bond motifs is 9. The lowest BCUT2D eigenvalue weighted by molar-refractivity contribution is 0.316. The molecule has 3 aromatic heterocycles. The van der Waals surface area contributed by atoms with Crippen molar-refractivity contribution in [1.29, 1.82) is 0 Å². The minimum Gasteiger partial charge on any atom is -0.624 e. The maximum absolute atomic E-state index is 6.68.